The van der Waals surface area contributed by atoms with Gasteiger partial charge in [0, 0.05) is 4.88 Å². The minimum atomic E-state index is -1.04. The van der Waals surface area contributed by atoms with Crippen molar-refractivity contribution in [3.05, 3.63) is 21.9 Å². The van der Waals surface area contributed by atoms with Crippen molar-refractivity contribution >= 4 is 23.7 Å². The zero-order chi connectivity index (χ0) is 14.0. The van der Waals surface area contributed by atoms with Crippen LogP contribution in [0.3, 0.4) is 0 Å². The number of aldehydes is 1. The first-order valence-electron chi connectivity index (χ1n) is 5.70. The maximum Gasteiger partial charge on any atom is 0.408 e. The van der Waals surface area contributed by atoms with E-state index in [9.17, 15) is 9.59 Å². The number of hydrogen-bond donors (Lipinski definition) is 1. The predicted molar refractivity (Wildman–Crippen MR) is 71.8 cm³/mol. The summed E-state index contributed by atoms with van der Waals surface area (Å²) in [5, 5.41) is 4.52. The van der Waals surface area contributed by atoms with Crippen molar-refractivity contribution in [3.63, 3.8) is 0 Å². The van der Waals surface area contributed by atoms with Gasteiger partial charge in [-0.25, -0.2) is 4.79 Å². The lowest BCUT2D eigenvalue weighted by Gasteiger charge is -2.27. The van der Waals surface area contributed by atoms with Crippen LogP contribution in [-0.4, -0.2) is 18.0 Å². The molecule has 0 fully saturated rings. The molecule has 1 N–H and O–H groups in total. The lowest BCUT2D eigenvalue weighted by molar-refractivity contribution is -0.113. The van der Waals surface area contributed by atoms with Gasteiger partial charge >= 0.3 is 6.09 Å². The normalized spacial score (nSPS) is 14.7. The first kappa shape index (κ1) is 14.7. The maximum atomic E-state index is 11.8. The van der Waals surface area contributed by atoms with Crippen molar-refractivity contribution in [1.29, 1.82) is 0 Å². The Hall–Kier alpha value is -1.36. The van der Waals surface area contributed by atoms with Crippen LogP contribution in [0.1, 0.15) is 38.1 Å². The maximum absolute atomic E-state index is 11.8. The molecule has 0 aromatic carbocycles. The van der Waals surface area contributed by atoms with Crippen LogP contribution in [0.15, 0.2) is 11.4 Å². The molecule has 1 rings (SSSR count). The number of rotatable bonds is 3. The zero-order valence-electron chi connectivity index (χ0n) is 11.4. The van der Waals surface area contributed by atoms with Crippen LogP contribution in [0.25, 0.3) is 0 Å². The number of amides is 1. The highest BCUT2D eigenvalue weighted by atomic mass is 32.1. The van der Waals surface area contributed by atoms with Crippen molar-refractivity contribution in [2.24, 2.45) is 0 Å². The highest BCUT2D eigenvalue weighted by Crippen LogP contribution is 2.28. The monoisotopic (exact) mass is 269 g/mol. The number of ether oxygens (including phenoxy) is 1. The van der Waals surface area contributed by atoms with Crippen molar-refractivity contribution in [2.75, 3.05) is 0 Å². The first-order chi connectivity index (χ1) is 8.18. The van der Waals surface area contributed by atoms with Gasteiger partial charge in [0.1, 0.15) is 11.1 Å². The third-order valence-electron chi connectivity index (χ3n) is 2.33. The van der Waals surface area contributed by atoms with Crippen molar-refractivity contribution < 1.29 is 14.3 Å². The standard InChI is InChI=1S/C13H19NO3S/c1-9-6-7-18-10(9)13(5,8-15)14-11(16)17-12(2,3)4/h6-8H,1-5H3,(H,14,16). The molecule has 1 amide bonds. The molecule has 0 aliphatic heterocycles. The van der Waals surface area contributed by atoms with E-state index in [-0.39, 0.29) is 0 Å². The van der Waals surface area contributed by atoms with E-state index in [2.05, 4.69) is 5.32 Å². The quantitative estimate of drug-likeness (QED) is 0.858. The van der Waals surface area contributed by atoms with Gasteiger partial charge in [-0.05, 0) is 51.6 Å². The molecule has 1 heterocycles. The van der Waals surface area contributed by atoms with Gasteiger partial charge in [0.15, 0.2) is 6.29 Å². The van der Waals surface area contributed by atoms with Gasteiger partial charge < -0.3 is 14.8 Å². The van der Waals surface area contributed by atoms with Crippen LogP contribution in [0, 0.1) is 6.92 Å². The molecule has 1 unspecified atom stereocenters. The summed E-state index contributed by atoms with van der Waals surface area (Å²) in [5.41, 5.74) is -0.649. The van der Waals surface area contributed by atoms with Crippen LogP contribution in [0.5, 0.6) is 0 Å². The average Bonchev–Trinajstić information content (AvgIpc) is 2.61. The minimum Gasteiger partial charge on any atom is -0.444 e. The molecule has 18 heavy (non-hydrogen) atoms. The van der Waals surface area contributed by atoms with Crippen LogP contribution in [0.2, 0.25) is 0 Å². The number of hydrogen-bond acceptors (Lipinski definition) is 4. The van der Waals surface area contributed by atoms with E-state index in [1.54, 1.807) is 27.7 Å². The topological polar surface area (TPSA) is 55.4 Å². The Morgan fingerprint density at radius 2 is 2.00 bits per heavy atom. The number of thiophene rings is 1. The van der Waals surface area contributed by atoms with Crippen molar-refractivity contribution in [3.8, 4) is 0 Å². The third kappa shape index (κ3) is 3.57. The molecule has 1 atom stereocenters. The fraction of sp³-hybridized carbons (Fsp3) is 0.538. The molecule has 100 valence electrons. The summed E-state index contributed by atoms with van der Waals surface area (Å²) in [6.45, 7) is 8.91. The van der Waals surface area contributed by atoms with E-state index in [1.807, 2.05) is 18.4 Å². The van der Waals surface area contributed by atoms with Crippen molar-refractivity contribution in [1.82, 2.24) is 5.32 Å². The van der Waals surface area contributed by atoms with Crippen LogP contribution in [0.4, 0.5) is 4.79 Å². The van der Waals surface area contributed by atoms with Gasteiger partial charge in [0.2, 0.25) is 0 Å². The second kappa shape index (κ2) is 5.10. The summed E-state index contributed by atoms with van der Waals surface area (Å²) in [5.74, 6) is 0. The molecule has 0 bridgehead atoms. The Bertz CT molecular complexity index is 447. The molecule has 5 heteroatoms. The van der Waals surface area contributed by atoms with Gasteiger partial charge in [-0.1, -0.05) is 0 Å². The molecule has 0 saturated carbocycles. The summed E-state index contributed by atoms with van der Waals surface area (Å²) < 4.78 is 5.17. The molecule has 0 radical (unpaired) electrons. The molecule has 4 nitrogen and oxygen atoms in total. The van der Waals surface area contributed by atoms with Gasteiger partial charge in [-0.15, -0.1) is 11.3 Å². The Morgan fingerprint density at radius 3 is 2.39 bits per heavy atom. The molecule has 1 aromatic rings. The second-order valence-corrected chi connectivity index (χ2v) is 6.30. The van der Waals surface area contributed by atoms with E-state index in [0.717, 1.165) is 16.7 Å². The Balaban J connectivity index is 2.88. The zero-order valence-corrected chi connectivity index (χ0v) is 12.2. The van der Waals surface area contributed by atoms with Gasteiger partial charge in [-0.3, -0.25) is 0 Å². The van der Waals surface area contributed by atoms with E-state index < -0.39 is 17.2 Å². The van der Waals surface area contributed by atoms with Gasteiger partial charge in [0.05, 0.1) is 0 Å². The third-order valence-corrected chi connectivity index (χ3v) is 3.58. The highest BCUT2D eigenvalue weighted by Gasteiger charge is 2.32. The fourth-order valence-electron chi connectivity index (χ4n) is 1.56. The lowest BCUT2D eigenvalue weighted by Crippen LogP contribution is -2.46. The number of aryl methyl sites for hydroxylation is 1. The summed E-state index contributed by atoms with van der Waals surface area (Å²) in [7, 11) is 0. The van der Waals surface area contributed by atoms with E-state index in [4.69, 9.17) is 4.74 Å². The van der Waals surface area contributed by atoms with E-state index in [0.29, 0.717) is 0 Å². The Morgan fingerprint density at radius 1 is 1.39 bits per heavy atom. The SMILES string of the molecule is Cc1ccsc1C(C)(C=O)NC(=O)OC(C)(C)C. The van der Waals surface area contributed by atoms with E-state index >= 15 is 0 Å². The summed E-state index contributed by atoms with van der Waals surface area (Å²) >= 11 is 1.44. The predicted octanol–water partition coefficient (Wildman–Crippen LogP) is 3.00. The lowest BCUT2D eigenvalue weighted by atomic mass is 9.99. The Kier molecular flexibility index (Phi) is 4.16. The summed E-state index contributed by atoms with van der Waals surface area (Å²) in [6, 6.07) is 1.92. The number of alkyl carbamates (subject to hydrolysis) is 1. The summed E-state index contributed by atoms with van der Waals surface area (Å²) in [6.07, 6.45) is 0.139. The van der Waals surface area contributed by atoms with Crippen LogP contribution >= 0.6 is 11.3 Å². The molecule has 0 saturated heterocycles. The second-order valence-electron chi connectivity index (χ2n) is 5.38. The van der Waals surface area contributed by atoms with Crippen LogP contribution in [-0.2, 0) is 15.1 Å². The Labute approximate surface area is 111 Å². The molecule has 0 aliphatic carbocycles. The fourth-order valence-corrected chi connectivity index (χ4v) is 2.57. The average molecular weight is 269 g/mol. The van der Waals surface area contributed by atoms with E-state index in [1.165, 1.54) is 11.3 Å². The molecule has 0 aliphatic rings. The number of carbonyl (C=O) groups excluding carboxylic acids is 2. The van der Waals surface area contributed by atoms with Gasteiger partial charge in [-0.2, -0.15) is 0 Å². The molecule has 1 aromatic heterocycles. The first-order valence-corrected chi connectivity index (χ1v) is 6.58. The largest absolute Gasteiger partial charge is 0.444 e. The molecular formula is C13H19NO3S. The number of carbonyl (C=O) groups is 2. The smallest absolute Gasteiger partial charge is 0.408 e. The number of nitrogens with one attached hydrogen (secondary N) is 1. The molecule has 0 spiro atoms. The van der Waals surface area contributed by atoms with Crippen LogP contribution < -0.4 is 5.32 Å². The summed E-state index contributed by atoms with van der Waals surface area (Å²) in [4.78, 5) is 23.9. The molecular weight excluding hydrogens is 250 g/mol. The van der Waals surface area contributed by atoms with Crippen molar-refractivity contribution in [2.45, 2.75) is 45.8 Å². The van der Waals surface area contributed by atoms with Gasteiger partial charge in [0.25, 0.3) is 0 Å². The minimum absolute atomic E-state index is 0.585. The highest BCUT2D eigenvalue weighted by molar-refractivity contribution is 7.10.